The van der Waals surface area contributed by atoms with Crippen molar-refractivity contribution >= 4 is 17.6 Å². The van der Waals surface area contributed by atoms with E-state index in [1.54, 1.807) is 19.1 Å². The average Bonchev–Trinajstić information content (AvgIpc) is 2.78. The van der Waals surface area contributed by atoms with Gasteiger partial charge in [0.2, 0.25) is 5.88 Å². The lowest BCUT2D eigenvalue weighted by Crippen LogP contribution is -2.41. The lowest BCUT2D eigenvalue weighted by Gasteiger charge is -2.16. The Balaban J connectivity index is 2.05. The highest BCUT2D eigenvalue weighted by Crippen LogP contribution is 2.29. The van der Waals surface area contributed by atoms with Gasteiger partial charge in [-0.05, 0) is 30.7 Å². The minimum atomic E-state index is -4.96. The number of esters is 1. The van der Waals surface area contributed by atoms with E-state index in [1.807, 2.05) is 0 Å². The Hall–Kier alpha value is -3.67. The number of nitrogens with zero attached hydrogens (tertiary/aromatic N) is 3. The standard InChI is InChI=1S/C22H18ClF4N3O5/c1-3-34-19(32)11-35-20-12(5-4-6-28-20)7-13-8-16(15(24)9-14(13)23)30-18(31)10-17(22(25,26)27)29(2)21(30)33/h4-6,8-10H,3,7,11H2,1-2H3. The molecule has 0 spiro atoms. The summed E-state index contributed by atoms with van der Waals surface area (Å²) in [6.45, 7) is 1.37. The van der Waals surface area contributed by atoms with Crippen LogP contribution in [-0.4, -0.2) is 33.3 Å². The van der Waals surface area contributed by atoms with Crippen LogP contribution in [0.1, 0.15) is 23.7 Å². The van der Waals surface area contributed by atoms with Crippen LogP contribution in [0.4, 0.5) is 17.6 Å². The fourth-order valence-electron chi connectivity index (χ4n) is 3.23. The van der Waals surface area contributed by atoms with E-state index in [9.17, 15) is 31.9 Å². The molecule has 0 N–H and O–H groups in total. The van der Waals surface area contributed by atoms with Crippen LogP contribution in [0.5, 0.6) is 5.88 Å². The molecule has 3 rings (SSSR count). The molecule has 0 aliphatic heterocycles. The van der Waals surface area contributed by atoms with Gasteiger partial charge in [0, 0.05) is 36.3 Å². The smallest absolute Gasteiger partial charge is 0.431 e. The molecule has 0 aliphatic rings. The minimum Gasteiger partial charge on any atom is -0.465 e. The predicted molar refractivity (Wildman–Crippen MR) is 116 cm³/mol. The van der Waals surface area contributed by atoms with Crippen LogP contribution in [0.3, 0.4) is 0 Å². The lowest BCUT2D eigenvalue weighted by molar-refractivity contribution is -0.145. The van der Waals surface area contributed by atoms with Crippen LogP contribution in [0, 0.1) is 5.82 Å². The first-order chi connectivity index (χ1) is 16.4. The van der Waals surface area contributed by atoms with E-state index in [4.69, 9.17) is 21.1 Å². The number of carbonyl (C=O) groups is 1. The first-order valence-electron chi connectivity index (χ1n) is 10.0. The van der Waals surface area contributed by atoms with Crippen LogP contribution in [0.25, 0.3) is 5.69 Å². The Morgan fingerprint density at radius 1 is 1.17 bits per heavy atom. The summed E-state index contributed by atoms with van der Waals surface area (Å²) in [5.41, 5.74) is -4.18. The Bertz CT molecular complexity index is 1380. The van der Waals surface area contributed by atoms with Crippen LogP contribution >= 0.6 is 11.6 Å². The van der Waals surface area contributed by atoms with Gasteiger partial charge in [-0.25, -0.2) is 23.5 Å². The number of ether oxygens (including phenoxy) is 2. The zero-order valence-corrected chi connectivity index (χ0v) is 19.1. The summed E-state index contributed by atoms with van der Waals surface area (Å²) in [6.07, 6.45) is -3.59. The monoisotopic (exact) mass is 515 g/mol. The molecular weight excluding hydrogens is 498 g/mol. The van der Waals surface area contributed by atoms with Crippen LogP contribution in [-0.2, 0) is 29.2 Å². The first-order valence-corrected chi connectivity index (χ1v) is 10.4. The molecule has 35 heavy (non-hydrogen) atoms. The van der Waals surface area contributed by atoms with Gasteiger partial charge in [-0.3, -0.25) is 9.36 Å². The van der Waals surface area contributed by atoms with Crippen molar-refractivity contribution in [2.24, 2.45) is 7.05 Å². The largest absolute Gasteiger partial charge is 0.465 e. The Morgan fingerprint density at radius 3 is 2.54 bits per heavy atom. The quantitative estimate of drug-likeness (QED) is 0.354. The van der Waals surface area contributed by atoms with E-state index in [2.05, 4.69) is 4.98 Å². The summed E-state index contributed by atoms with van der Waals surface area (Å²) >= 11 is 6.16. The summed E-state index contributed by atoms with van der Waals surface area (Å²) < 4.78 is 64.8. The first kappa shape index (κ1) is 25.9. The van der Waals surface area contributed by atoms with Crippen LogP contribution in [0.2, 0.25) is 5.02 Å². The van der Waals surface area contributed by atoms with Gasteiger partial charge in [0.05, 0.1) is 12.3 Å². The number of pyridine rings is 1. The molecule has 2 heterocycles. The summed E-state index contributed by atoms with van der Waals surface area (Å²) in [4.78, 5) is 40.6. The molecule has 0 saturated heterocycles. The third-order valence-corrected chi connectivity index (χ3v) is 5.18. The van der Waals surface area contributed by atoms with Crippen molar-refractivity contribution in [3.8, 4) is 11.6 Å². The van der Waals surface area contributed by atoms with Crippen molar-refractivity contribution in [2.45, 2.75) is 19.5 Å². The molecule has 2 aromatic heterocycles. The van der Waals surface area contributed by atoms with E-state index in [0.717, 1.165) is 19.2 Å². The molecule has 0 fully saturated rings. The Labute approximate surface area is 200 Å². The van der Waals surface area contributed by atoms with E-state index < -0.39 is 47.2 Å². The summed E-state index contributed by atoms with van der Waals surface area (Å²) in [7, 11) is 0.818. The average molecular weight is 516 g/mol. The van der Waals surface area contributed by atoms with Gasteiger partial charge in [-0.1, -0.05) is 17.7 Å². The SMILES string of the molecule is CCOC(=O)COc1ncccc1Cc1cc(-n2c(=O)cc(C(F)(F)F)n(C)c2=O)c(F)cc1Cl. The van der Waals surface area contributed by atoms with Crippen molar-refractivity contribution in [3.63, 3.8) is 0 Å². The van der Waals surface area contributed by atoms with E-state index in [-0.39, 0.29) is 44.7 Å². The number of aromatic nitrogens is 3. The third-order valence-electron chi connectivity index (χ3n) is 4.83. The number of rotatable bonds is 7. The summed E-state index contributed by atoms with van der Waals surface area (Å²) in [5, 5.41) is -0.0803. The molecular formula is C22H18ClF4N3O5. The van der Waals surface area contributed by atoms with Crippen molar-refractivity contribution in [1.82, 2.24) is 14.1 Å². The highest BCUT2D eigenvalue weighted by Gasteiger charge is 2.35. The summed E-state index contributed by atoms with van der Waals surface area (Å²) in [5.74, 6) is -1.66. The maximum atomic E-state index is 14.7. The van der Waals surface area contributed by atoms with E-state index in [1.165, 1.54) is 6.20 Å². The number of hydrogen-bond donors (Lipinski definition) is 0. The zero-order valence-electron chi connectivity index (χ0n) is 18.4. The number of carbonyl (C=O) groups excluding carboxylic acids is 1. The molecule has 13 heteroatoms. The Kier molecular flexibility index (Phi) is 7.64. The molecule has 0 aliphatic carbocycles. The number of benzene rings is 1. The molecule has 1 aromatic carbocycles. The molecule has 3 aromatic rings. The topological polar surface area (TPSA) is 92.4 Å². The molecule has 0 unspecified atom stereocenters. The molecule has 0 bridgehead atoms. The van der Waals surface area contributed by atoms with Gasteiger partial charge in [-0.15, -0.1) is 0 Å². The van der Waals surface area contributed by atoms with Gasteiger partial charge in [-0.2, -0.15) is 13.2 Å². The van der Waals surface area contributed by atoms with Crippen LogP contribution < -0.4 is 16.0 Å². The van der Waals surface area contributed by atoms with Gasteiger partial charge in [0.25, 0.3) is 5.56 Å². The van der Waals surface area contributed by atoms with Crippen molar-refractivity contribution < 1.29 is 31.8 Å². The molecule has 0 atom stereocenters. The molecule has 0 amide bonds. The normalized spacial score (nSPS) is 11.4. The van der Waals surface area contributed by atoms with Crippen molar-refractivity contribution in [1.29, 1.82) is 0 Å². The maximum absolute atomic E-state index is 14.7. The highest BCUT2D eigenvalue weighted by molar-refractivity contribution is 6.31. The second-order valence-corrected chi connectivity index (χ2v) is 7.58. The predicted octanol–water partition coefficient (Wildman–Crippen LogP) is 3.28. The number of hydrogen-bond acceptors (Lipinski definition) is 6. The zero-order chi connectivity index (χ0) is 25.9. The van der Waals surface area contributed by atoms with E-state index >= 15 is 0 Å². The highest BCUT2D eigenvalue weighted by atomic mass is 35.5. The fourth-order valence-corrected chi connectivity index (χ4v) is 3.45. The maximum Gasteiger partial charge on any atom is 0.431 e. The molecule has 0 saturated carbocycles. The number of alkyl halides is 3. The van der Waals surface area contributed by atoms with Gasteiger partial charge in [0.15, 0.2) is 6.61 Å². The van der Waals surface area contributed by atoms with Crippen molar-refractivity contribution in [3.05, 3.63) is 85.0 Å². The lowest BCUT2D eigenvalue weighted by atomic mass is 10.0. The minimum absolute atomic E-state index is 0.0339. The second-order valence-electron chi connectivity index (χ2n) is 7.18. The number of halogens is 5. The van der Waals surface area contributed by atoms with Crippen molar-refractivity contribution in [2.75, 3.05) is 13.2 Å². The van der Waals surface area contributed by atoms with Gasteiger partial charge < -0.3 is 9.47 Å². The summed E-state index contributed by atoms with van der Waals surface area (Å²) in [6, 6.07) is 5.29. The molecule has 186 valence electrons. The third kappa shape index (κ3) is 5.70. The Morgan fingerprint density at radius 2 is 1.89 bits per heavy atom. The van der Waals surface area contributed by atoms with Crippen LogP contribution in [0.15, 0.2) is 46.1 Å². The molecule has 8 nitrogen and oxygen atoms in total. The fraction of sp³-hybridized carbons (Fsp3) is 0.273. The van der Waals surface area contributed by atoms with Gasteiger partial charge >= 0.3 is 17.8 Å². The van der Waals surface area contributed by atoms with Gasteiger partial charge in [0.1, 0.15) is 11.5 Å². The second kappa shape index (κ2) is 10.3. The van der Waals surface area contributed by atoms with E-state index in [0.29, 0.717) is 5.56 Å². The molecule has 0 radical (unpaired) electrons.